The molecule has 2 rings (SSSR count). The number of anilines is 1. The maximum Gasteiger partial charge on any atom is 0.128 e. The van der Waals surface area contributed by atoms with Gasteiger partial charge in [-0.25, -0.2) is 4.98 Å². The molecule has 16 heavy (non-hydrogen) atoms. The molecule has 0 radical (unpaired) electrons. The summed E-state index contributed by atoms with van der Waals surface area (Å²) in [5.41, 5.74) is 7.16. The highest BCUT2D eigenvalue weighted by Crippen LogP contribution is 2.34. The van der Waals surface area contributed by atoms with Crippen molar-refractivity contribution >= 4 is 5.82 Å². The lowest BCUT2D eigenvalue weighted by Gasteiger charge is -2.26. The summed E-state index contributed by atoms with van der Waals surface area (Å²) in [5.74, 6) is 1.40. The van der Waals surface area contributed by atoms with Crippen molar-refractivity contribution in [2.24, 2.45) is 5.92 Å². The summed E-state index contributed by atoms with van der Waals surface area (Å²) in [6.07, 6.45) is 4.24. The summed E-state index contributed by atoms with van der Waals surface area (Å²) in [7, 11) is 0. The van der Waals surface area contributed by atoms with E-state index in [2.05, 4.69) is 29.8 Å². The van der Waals surface area contributed by atoms with Crippen molar-refractivity contribution in [2.75, 3.05) is 18.8 Å². The molecule has 1 fully saturated rings. The van der Waals surface area contributed by atoms with Crippen LogP contribution in [0.4, 0.5) is 5.82 Å². The van der Waals surface area contributed by atoms with Gasteiger partial charge in [0.25, 0.3) is 0 Å². The molecule has 3 nitrogen and oxygen atoms in total. The SMILES string of the molecule is CC(C)CN1CCC[C@H]1c1cccnc1N. The van der Waals surface area contributed by atoms with Gasteiger partial charge in [0, 0.05) is 24.3 Å². The number of hydrogen-bond donors (Lipinski definition) is 1. The molecule has 0 bridgehead atoms. The summed E-state index contributed by atoms with van der Waals surface area (Å²) in [6.45, 7) is 6.88. The molecule has 1 atom stereocenters. The van der Waals surface area contributed by atoms with Crippen LogP contribution in [-0.2, 0) is 0 Å². The van der Waals surface area contributed by atoms with E-state index in [4.69, 9.17) is 5.73 Å². The van der Waals surface area contributed by atoms with Gasteiger partial charge in [0.2, 0.25) is 0 Å². The first-order valence-electron chi connectivity index (χ1n) is 6.13. The highest BCUT2D eigenvalue weighted by molar-refractivity contribution is 5.41. The van der Waals surface area contributed by atoms with Gasteiger partial charge in [0.15, 0.2) is 0 Å². The summed E-state index contributed by atoms with van der Waals surface area (Å²) in [5, 5.41) is 0. The second kappa shape index (κ2) is 4.83. The summed E-state index contributed by atoms with van der Waals surface area (Å²) in [6, 6.07) is 4.58. The van der Waals surface area contributed by atoms with Crippen molar-refractivity contribution in [3.63, 3.8) is 0 Å². The Morgan fingerprint density at radius 1 is 1.56 bits per heavy atom. The topological polar surface area (TPSA) is 42.2 Å². The van der Waals surface area contributed by atoms with E-state index < -0.39 is 0 Å². The van der Waals surface area contributed by atoms with E-state index >= 15 is 0 Å². The Morgan fingerprint density at radius 3 is 3.06 bits per heavy atom. The lowest BCUT2D eigenvalue weighted by atomic mass is 10.0. The summed E-state index contributed by atoms with van der Waals surface area (Å²) >= 11 is 0. The Labute approximate surface area is 97.7 Å². The Balaban J connectivity index is 2.17. The normalized spacial score (nSPS) is 21.8. The average molecular weight is 219 g/mol. The lowest BCUT2D eigenvalue weighted by molar-refractivity contribution is 0.229. The number of rotatable bonds is 3. The molecule has 0 amide bonds. The summed E-state index contributed by atoms with van der Waals surface area (Å²) in [4.78, 5) is 6.73. The van der Waals surface area contributed by atoms with Gasteiger partial charge in [0.1, 0.15) is 5.82 Å². The van der Waals surface area contributed by atoms with Crippen molar-refractivity contribution in [1.29, 1.82) is 0 Å². The van der Waals surface area contributed by atoms with E-state index in [0.717, 1.165) is 6.54 Å². The van der Waals surface area contributed by atoms with Crippen molar-refractivity contribution in [3.05, 3.63) is 23.9 Å². The van der Waals surface area contributed by atoms with E-state index in [1.165, 1.54) is 24.9 Å². The second-order valence-electron chi connectivity index (χ2n) is 5.02. The highest BCUT2D eigenvalue weighted by atomic mass is 15.2. The first-order chi connectivity index (χ1) is 7.68. The van der Waals surface area contributed by atoms with Crippen molar-refractivity contribution < 1.29 is 0 Å². The zero-order valence-corrected chi connectivity index (χ0v) is 10.2. The molecule has 1 aliphatic heterocycles. The van der Waals surface area contributed by atoms with Crippen LogP contribution in [0.15, 0.2) is 18.3 Å². The maximum atomic E-state index is 5.96. The fourth-order valence-electron chi connectivity index (χ4n) is 2.58. The minimum atomic E-state index is 0.482. The van der Waals surface area contributed by atoms with Gasteiger partial charge in [-0.15, -0.1) is 0 Å². The van der Waals surface area contributed by atoms with Crippen LogP contribution in [0.1, 0.15) is 38.3 Å². The van der Waals surface area contributed by atoms with Crippen molar-refractivity contribution in [2.45, 2.75) is 32.7 Å². The van der Waals surface area contributed by atoms with Crippen LogP contribution >= 0.6 is 0 Å². The average Bonchev–Trinajstić information content (AvgIpc) is 2.66. The van der Waals surface area contributed by atoms with Crippen LogP contribution in [0.25, 0.3) is 0 Å². The smallest absolute Gasteiger partial charge is 0.128 e. The van der Waals surface area contributed by atoms with Gasteiger partial charge >= 0.3 is 0 Å². The number of likely N-dealkylation sites (tertiary alicyclic amines) is 1. The minimum absolute atomic E-state index is 0.482. The Morgan fingerprint density at radius 2 is 2.38 bits per heavy atom. The number of nitrogen functional groups attached to an aromatic ring is 1. The van der Waals surface area contributed by atoms with Gasteiger partial charge in [-0.1, -0.05) is 19.9 Å². The molecular weight excluding hydrogens is 198 g/mol. The quantitative estimate of drug-likeness (QED) is 0.849. The van der Waals surface area contributed by atoms with Crippen LogP contribution in [0, 0.1) is 5.92 Å². The third-order valence-corrected chi connectivity index (χ3v) is 3.19. The first-order valence-corrected chi connectivity index (χ1v) is 6.13. The van der Waals surface area contributed by atoms with Gasteiger partial charge in [0.05, 0.1) is 0 Å². The monoisotopic (exact) mass is 219 g/mol. The number of aromatic nitrogens is 1. The predicted molar refractivity (Wildman–Crippen MR) is 67.0 cm³/mol. The molecule has 0 spiro atoms. The van der Waals surface area contributed by atoms with E-state index in [1.54, 1.807) is 6.20 Å². The fourth-order valence-corrected chi connectivity index (χ4v) is 2.58. The van der Waals surface area contributed by atoms with Crippen molar-refractivity contribution in [1.82, 2.24) is 9.88 Å². The third-order valence-electron chi connectivity index (χ3n) is 3.19. The van der Waals surface area contributed by atoms with Crippen LogP contribution < -0.4 is 5.73 Å². The maximum absolute atomic E-state index is 5.96. The highest BCUT2D eigenvalue weighted by Gasteiger charge is 2.27. The minimum Gasteiger partial charge on any atom is -0.383 e. The molecule has 1 aromatic rings. The standard InChI is InChI=1S/C13H21N3/c1-10(2)9-16-8-4-6-12(16)11-5-3-7-15-13(11)14/h3,5,7,10,12H,4,6,8-9H2,1-2H3,(H2,14,15)/t12-/m0/s1. The molecule has 0 aliphatic carbocycles. The fraction of sp³-hybridized carbons (Fsp3) is 0.615. The van der Waals surface area contributed by atoms with E-state index in [-0.39, 0.29) is 0 Å². The van der Waals surface area contributed by atoms with E-state index in [0.29, 0.717) is 17.8 Å². The van der Waals surface area contributed by atoms with Crippen LogP contribution in [-0.4, -0.2) is 23.0 Å². The van der Waals surface area contributed by atoms with E-state index in [9.17, 15) is 0 Å². The number of pyridine rings is 1. The molecule has 88 valence electrons. The van der Waals surface area contributed by atoms with Gasteiger partial charge in [-0.3, -0.25) is 4.90 Å². The molecule has 2 N–H and O–H groups in total. The molecule has 3 heteroatoms. The number of nitrogens with two attached hydrogens (primary N) is 1. The summed E-state index contributed by atoms with van der Waals surface area (Å²) < 4.78 is 0. The zero-order valence-electron chi connectivity index (χ0n) is 10.2. The molecule has 1 aromatic heterocycles. The second-order valence-corrected chi connectivity index (χ2v) is 5.02. The third kappa shape index (κ3) is 2.35. The lowest BCUT2D eigenvalue weighted by Crippen LogP contribution is -2.28. The van der Waals surface area contributed by atoms with Gasteiger partial charge < -0.3 is 5.73 Å². The molecule has 1 saturated heterocycles. The van der Waals surface area contributed by atoms with Crippen LogP contribution in [0.3, 0.4) is 0 Å². The van der Waals surface area contributed by atoms with Gasteiger partial charge in [-0.05, 0) is 31.4 Å². The Bertz CT molecular complexity index is 349. The largest absolute Gasteiger partial charge is 0.383 e. The molecule has 0 aromatic carbocycles. The van der Waals surface area contributed by atoms with Crippen LogP contribution in [0.2, 0.25) is 0 Å². The first kappa shape index (κ1) is 11.4. The molecule has 1 aliphatic rings. The van der Waals surface area contributed by atoms with Gasteiger partial charge in [-0.2, -0.15) is 0 Å². The number of nitrogens with zero attached hydrogens (tertiary/aromatic N) is 2. The molecule has 0 saturated carbocycles. The van der Waals surface area contributed by atoms with Crippen molar-refractivity contribution in [3.8, 4) is 0 Å². The predicted octanol–water partition coefficient (Wildman–Crippen LogP) is 2.46. The van der Waals surface area contributed by atoms with E-state index in [1.807, 2.05) is 6.07 Å². The number of hydrogen-bond acceptors (Lipinski definition) is 3. The molecular formula is C13H21N3. The Kier molecular flexibility index (Phi) is 3.44. The Hall–Kier alpha value is -1.09. The van der Waals surface area contributed by atoms with Crippen LogP contribution in [0.5, 0.6) is 0 Å². The zero-order chi connectivity index (χ0) is 11.5. The molecule has 0 unspecified atom stereocenters. The molecule has 2 heterocycles.